The van der Waals surface area contributed by atoms with Crippen molar-refractivity contribution in [3.8, 4) is 0 Å². The van der Waals surface area contributed by atoms with Gasteiger partial charge in [-0.3, -0.25) is 9.48 Å². The molecule has 0 spiro atoms. The first-order chi connectivity index (χ1) is 9.13. The van der Waals surface area contributed by atoms with E-state index < -0.39 is 5.60 Å². The van der Waals surface area contributed by atoms with Crippen LogP contribution in [-0.2, 0) is 23.4 Å². The molecule has 98 valence electrons. The number of carbonyl (C=O) groups is 1. The van der Waals surface area contributed by atoms with Gasteiger partial charge in [-0.1, -0.05) is 18.2 Å². The molecular formula is C14H15N3O2. The number of aryl methyl sites for hydroxylation is 1. The predicted octanol–water partition coefficient (Wildman–Crippen LogP) is 1.29. The molecule has 0 saturated carbocycles. The third-order valence-electron chi connectivity index (χ3n) is 3.47. The summed E-state index contributed by atoms with van der Waals surface area (Å²) >= 11 is 0. The summed E-state index contributed by atoms with van der Waals surface area (Å²) in [7, 11) is 0. The maximum absolute atomic E-state index is 12.0. The van der Waals surface area contributed by atoms with Crippen molar-refractivity contribution < 1.29 is 9.90 Å². The molecule has 2 heterocycles. The summed E-state index contributed by atoms with van der Waals surface area (Å²) in [6.07, 6.45) is 3.78. The van der Waals surface area contributed by atoms with Crippen molar-refractivity contribution in [2.45, 2.75) is 25.5 Å². The Labute approximate surface area is 110 Å². The Kier molecular flexibility index (Phi) is 2.64. The van der Waals surface area contributed by atoms with Crippen LogP contribution in [0.1, 0.15) is 18.1 Å². The SMILES string of the molecule is CCn1cc(CC2(O)C(=O)Nc3ccccc32)cn1. The highest BCUT2D eigenvalue weighted by molar-refractivity contribution is 6.05. The van der Waals surface area contributed by atoms with Crippen molar-refractivity contribution in [2.24, 2.45) is 0 Å². The van der Waals surface area contributed by atoms with E-state index >= 15 is 0 Å². The molecule has 5 nitrogen and oxygen atoms in total. The maximum Gasteiger partial charge on any atom is 0.261 e. The molecule has 19 heavy (non-hydrogen) atoms. The average Bonchev–Trinajstić information content (AvgIpc) is 2.95. The highest BCUT2D eigenvalue weighted by Crippen LogP contribution is 2.37. The van der Waals surface area contributed by atoms with Crippen molar-refractivity contribution in [3.05, 3.63) is 47.8 Å². The Hall–Kier alpha value is -2.14. The van der Waals surface area contributed by atoms with Gasteiger partial charge in [0.25, 0.3) is 5.91 Å². The summed E-state index contributed by atoms with van der Waals surface area (Å²) in [6, 6.07) is 7.22. The van der Waals surface area contributed by atoms with Crippen LogP contribution < -0.4 is 5.32 Å². The second kappa shape index (κ2) is 4.20. The molecule has 1 aliphatic rings. The third kappa shape index (κ3) is 1.82. The Morgan fingerprint density at radius 1 is 1.42 bits per heavy atom. The fourth-order valence-electron chi connectivity index (χ4n) is 2.44. The molecule has 2 aromatic rings. The molecule has 1 unspecified atom stereocenters. The smallest absolute Gasteiger partial charge is 0.261 e. The number of carbonyl (C=O) groups excluding carboxylic acids is 1. The average molecular weight is 257 g/mol. The third-order valence-corrected chi connectivity index (χ3v) is 3.47. The molecule has 1 aromatic carbocycles. The zero-order valence-electron chi connectivity index (χ0n) is 10.6. The van der Waals surface area contributed by atoms with Gasteiger partial charge in [0.2, 0.25) is 0 Å². The fraction of sp³-hybridized carbons (Fsp3) is 0.286. The van der Waals surface area contributed by atoms with Crippen LogP contribution in [0.2, 0.25) is 0 Å². The normalized spacial score (nSPS) is 21.3. The lowest BCUT2D eigenvalue weighted by molar-refractivity contribution is -0.133. The number of amides is 1. The molecule has 2 N–H and O–H groups in total. The number of aliphatic hydroxyl groups is 1. The number of benzene rings is 1. The highest BCUT2D eigenvalue weighted by atomic mass is 16.3. The van der Waals surface area contributed by atoms with Crippen molar-refractivity contribution in [2.75, 3.05) is 5.32 Å². The molecule has 1 atom stereocenters. The van der Waals surface area contributed by atoms with Gasteiger partial charge in [-0.05, 0) is 18.6 Å². The van der Waals surface area contributed by atoms with Gasteiger partial charge in [-0.15, -0.1) is 0 Å². The van der Waals surface area contributed by atoms with Gasteiger partial charge >= 0.3 is 0 Å². The van der Waals surface area contributed by atoms with Crippen molar-refractivity contribution in [3.63, 3.8) is 0 Å². The number of nitrogens with zero attached hydrogens (tertiary/aromatic N) is 2. The van der Waals surface area contributed by atoms with Gasteiger partial charge < -0.3 is 10.4 Å². The van der Waals surface area contributed by atoms with E-state index in [-0.39, 0.29) is 12.3 Å². The number of rotatable bonds is 3. The minimum absolute atomic E-state index is 0.232. The van der Waals surface area contributed by atoms with Crippen LogP contribution in [0.15, 0.2) is 36.7 Å². The molecular weight excluding hydrogens is 242 g/mol. The first-order valence-electron chi connectivity index (χ1n) is 6.28. The van der Waals surface area contributed by atoms with Crippen molar-refractivity contribution in [1.82, 2.24) is 9.78 Å². The highest BCUT2D eigenvalue weighted by Gasteiger charge is 2.45. The van der Waals surface area contributed by atoms with E-state index in [9.17, 15) is 9.90 Å². The molecule has 0 fully saturated rings. The van der Waals surface area contributed by atoms with Gasteiger partial charge in [0.05, 0.1) is 6.20 Å². The number of hydrogen-bond acceptors (Lipinski definition) is 3. The summed E-state index contributed by atoms with van der Waals surface area (Å²) in [5, 5.41) is 17.6. The zero-order valence-corrected chi connectivity index (χ0v) is 10.6. The zero-order chi connectivity index (χ0) is 13.5. The molecule has 0 radical (unpaired) electrons. The summed E-state index contributed by atoms with van der Waals surface area (Å²) in [4.78, 5) is 12.0. The molecule has 1 amide bonds. The number of nitrogens with one attached hydrogen (secondary N) is 1. The monoisotopic (exact) mass is 257 g/mol. The second-order valence-corrected chi connectivity index (χ2v) is 4.74. The summed E-state index contributed by atoms with van der Waals surface area (Å²) in [6.45, 7) is 2.75. The van der Waals surface area contributed by atoms with Gasteiger partial charge in [0.15, 0.2) is 5.60 Å². The van der Waals surface area contributed by atoms with Crippen LogP contribution in [0.4, 0.5) is 5.69 Å². The number of para-hydroxylation sites is 1. The van der Waals surface area contributed by atoms with Gasteiger partial charge in [-0.2, -0.15) is 5.10 Å². The van der Waals surface area contributed by atoms with Crippen molar-refractivity contribution >= 4 is 11.6 Å². The van der Waals surface area contributed by atoms with E-state index in [4.69, 9.17) is 0 Å². The van der Waals surface area contributed by atoms with Crippen LogP contribution in [0.25, 0.3) is 0 Å². The predicted molar refractivity (Wildman–Crippen MR) is 70.6 cm³/mol. The molecule has 3 rings (SSSR count). The van der Waals surface area contributed by atoms with Gasteiger partial charge in [-0.25, -0.2) is 0 Å². The molecule has 5 heteroatoms. The Balaban J connectivity index is 1.96. The summed E-state index contributed by atoms with van der Waals surface area (Å²) in [5.74, 6) is -0.377. The number of anilines is 1. The minimum Gasteiger partial charge on any atom is -0.375 e. The quantitative estimate of drug-likeness (QED) is 0.870. The standard InChI is InChI=1S/C14H15N3O2/c1-2-17-9-10(8-15-17)7-14(19)11-5-3-4-6-12(11)16-13(14)18/h3-6,8-9,19H,2,7H2,1H3,(H,16,18). The van der Waals surface area contributed by atoms with E-state index in [0.29, 0.717) is 11.3 Å². The first-order valence-corrected chi connectivity index (χ1v) is 6.28. The number of fused-ring (bicyclic) bond motifs is 1. The molecule has 0 bridgehead atoms. The fourth-order valence-corrected chi connectivity index (χ4v) is 2.44. The molecule has 0 saturated heterocycles. The molecule has 0 aliphatic carbocycles. The first kappa shape index (κ1) is 11.9. The largest absolute Gasteiger partial charge is 0.375 e. The van der Waals surface area contributed by atoms with E-state index in [2.05, 4.69) is 10.4 Å². The van der Waals surface area contributed by atoms with Crippen LogP contribution in [0, 0.1) is 0 Å². The van der Waals surface area contributed by atoms with Crippen LogP contribution in [0.3, 0.4) is 0 Å². The number of hydrogen-bond donors (Lipinski definition) is 2. The van der Waals surface area contributed by atoms with E-state index in [1.54, 1.807) is 23.0 Å². The van der Waals surface area contributed by atoms with E-state index in [0.717, 1.165) is 12.1 Å². The van der Waals surface area contributed by atoms with E-state index in [1.165, 1.54) is 0 Å². The maximum atomic E-state index is 12.0. The second-order valence-electron chi connectivity index (χ2n) is 4.74. The van der Waals surface area contributed by atoms with Crippen LogP contribution >= 0.6 is 0 Å². The molecule has 1 aliphatic heterocycles. The van der Waals surface area contributed by atoms with Crippen LogP contribution in [-0.4, -0.2) is 20.8 Å². The lowest BCUT2D eigenvalue weighted by Crippen LogP contribution is -2.36. The lowest BCUT2D eigenvalue weighted by Gasteiger charge is -2.19. The minimum atomic E-state index is -1.50. The Bertz CT molecular complexity index is 635. The summed E-state index contributed by atoms with van der Waals surface area (Å²) in [5.41, 5.74) is 0.649. The van der Waals surface area contributed by atoms with Gasteiger partial charge in [0.1, 0.15) is 0 Å². The van der Waals surface area contributed by atoms with Crippen LogP contribution in [0.5, 0.6) is 0 Å². The number of aromatic nitrogens is 2. The lowest BCUT2D eigenvalue weighted by atomic mass is 9.89. The summed E-state index contributed by atoms with van der Waals surface area (Å²) < 4.78 is 1.78. The Morgan fingerprint density at radius 2 is 2.21 bits per heavy atom. The Morgan fingerprint density at radius 3 is 2.95 bits per heavy atom. The topological polar surface area (TPSA) is 67.2 Å². The van der Waals surface area contributed by atoms with E-state index in [1.807, 2.05) is 25.3 Å². The van der Waals surface area contributed by atoms with Crippen molar-refractivity contribution in [1.29, 1.82) is 0 Å². The molecule has 1 aromatic heterocycles. The van der Waals surface area contributed by atoms with Gasteiger partial charge in [0, 0.05) is 30.4 Å².